The van der Waals surface area contributed by atoms with E-state index in [-0.39, 0.29) is 11.7 Å². The van der Waals surface area contributed by atoms with Gasteiger partial charge in [-0.2, -0.15) is 5.10 Å². The van der Waals surface area contributed by atoms with Gasteiger partial charge >= 0.3 is 0 Å². The average Bonchev–Trinajstić information content (AvgIpc) is 3.06. The molecule has 0 unspecified atom stereocenters. The fourth-order valence-corrected chi connectivity index (χ4v) is 3.71. The second kappa shape index (κ2) is 8.39. The summed E-state index contributed by atoms with van der Waals surface area (Å²) >= 11 is 0. The number of carbonyl (C=O) groups excluding carboxylic acids is 1. The van der Waals surface area contributed by atoms with Crippen LogP contribution in [-0.4, -0.2) is 43.1 Å². The third-order valence-corrected chi connectivity index (χ3v) is 5.48. The highest BCUT2D eigenvalue weighted by molar-refractivity contribution is 7.90. The first kappa shape index (κ1) is 19.8. The molecule has 0 saturated carbocycles. The monoisotopic (exact) mass is 397 g/mol. The molecule has 0 fully saturated rings. The summed E-state index contributed by atoms with van der Waals surface area (Å²) in [7, 11) is -3.08. The molecule has 0 aliphatic rings. The Morgan fingerprint density at radius 2 is 1.86 bits per heavy atom. The number of amides is 1. The SMILES string of the molecule is Cc1ccccc1N(CCCS(C)(=O)=O)C(=O)/C=C/c1n[nH]c2ccccc12. The number of nitrogens with zero attached hydrogens (tertiary/aromatic N) is 2. The van der Waals surface area contributed by atoms with Crippen molar-refractivity contribution in [1.82, 2.24) is 10.2 Å². The summed E-state index contributed by atoms with van der Waals surface area (Å²) in [5.74, 6) is -0.175. The van der Waals surface area contributed by atoms with E-state index in [0.29, 0.717) is 18.7 Å². The van der Waals surface area contributed by atoms with Crippen LogP contribution in [-0.2, 0) is 14.6 Å². The molecule has 0 bridgehead atoms. The summed E-state index contributed by atoms with van der Waals surface area (Å²) in [6.45, 7) is 2.25. The zero-order valence-corrected chi connectivity index (χ0v) is 16.7. The molecule has 28 heavy (non-hydrogen) atoms. The van der Waals surface area contributed by atoms with E-state index in [1.165, 1.54) is 12.3 Å². The summed E-state index contributed by atoms with van der Waals surface area (Å²) in [6, 6.07) is 15.3. The Labute approximate surface area is 164 Å². The number of aromatic nitrogens is 2. The van der Waals surface area contributed by atoms with Crippen LogP contribution in [0.2, 0.25) is 0 Å². The summed E-state index contributed by atoms with van der Waals surface area (Å²) in [5.41, 5.74) is 3.31. The Morgan fingerprint density at radius 3 is 2.61 bits per heavy atom. The Bertz CT molecular complexity index is 1120. The topological polar surface area (TPSA) is 83.1 Å². The first-order chi connectivity index (χ1) is 13.3. The van der Waals surface area contributed by atoms with Gasteiger partial charge in [0.15, 0.2) is 0 Å². The molecule has 3 aromatic rings. The fraction of sp³-hybridized carbons (Fsp3) is 0.238. The highest BCUT2D eigenvalue weighted by Crippen LogP contribution is 2.21. The van der Waals surface area contributed by atoms with E-state index in [1.54, 1.807) is 11.0 Å². The predicted molar refractivity (Wildman–Crippen MR) is 113 cm³/mol. The summed E-state index contributed by atoms with van der Waals surface area (Å²) < 4.78 is 22.9. The first-order valence-corrected chi connectivity index (χ1v) is 11.1. The van der Waals surface area contributed by atoms with Gasteiger partial charge < -0.3 is 4.90 Å². The van der Waals surface area contributed by atoms with Gasteiger partial charge in [-0.15, -0.1) is 0 Å². The van der Waals surface area contributed by atoms with E-state index in [2.05, 4.69) is 10.2 Å². The first-order valence-electron chi connectivity index (χ1n) is 9.01. The van der Waals surface area contributed by atoms with E-state index < -0.39 is 9.84 Å². The lowest BCUT2D eigenvalue weighted by atomic mass is 10.1. The molecule has 3 rings (SSSR count). The van der Waals surface area contributed by atoms with Gasteiger partial charge in [-0.25, -0.2) is 8.42 Å². The molecule has 146 valence electrons. The minimum absolute atomic E-state index is 0.0381. The van der Waals surface area contributed by atoms with Gasteiger partial charge in [-0.3, -0.25) is 9.89 Å². The lowest BCUT2D eigenvalue weighted by molar-refractivity contribution is -0.114. The van der Waals surface area contributed by atoms with Crippen LogP contribution in [0.4, 0.5) is 5.69 Å². The Morgan fingerprint density at radius 1 is 1.14 bits per heavy atom. The molecule has 1 amide bonds. The third-order valence-electron chi connectivity index (χ3n) is 4.45. The van der Waals surface area contributed by atoms with Gasteiger partial charge in [-0.1, -0.05) is 36.4 Å². The van der Waals surface area contributed by atoms with E-state index in [4.69, 9.17) is 0 Å². The van der Waals surface area contributed by atoms with Crippen LogP contribution in [0.15, 0.2) is 54.6 Å². The van der Waals surface area contributed by atoms with Crippen LogP contribution in [0.25, 0.3) is 17.0 Å². The van der Waals surface area contributed by atoms with Crippen LogP contribution >= 0.6 is 0 Å². The van der Waals surface area contributed by atoms with Crippen molar-refractivity contribution in [1.29, 1.82) is 0 Å². The standard InChI is InChI=1S/C21H23N3O3S/c1-16-8-3-6-11-20(16)24(14-7-15-28(2,26)27)21(25)13-12-19-17-9-4-5-10-18(17)22-23-19/h3-6,8-13H,7,14-15H2,1-2H3,(H,22,23)/b13-12+. The number of para-hydroxylation sites is 2. The number of H-pyrrole nitrogens is 1. The molecular formula is C21H23N3O3S. The number of fused-ring (bicyclic) bond motifs is 1. The quantitative estimate of drug-likeness (QED) is 0.620. The summed E-state index contributed by atoms with van der Waals surface area (Å²) in [4.78, 5) is 14.6. The molecule has 0 radical (unpaired) electrons. The highest BCUT2D eigenvalue weighted by atomic mass is 32.2. The second-order valence-electron chi connectivity index (χ2n) is 6.75. The number of benzene rings is 2. The molecule has 7 heteroatoms. The van der Waals surface area contributed by atoms with Crippen LogP contribution in [0, 0.1) is 6.92 Å². The van der Waals surface area contributed by atoms with Crippen molar-refractivity contribution in [3.8, 4) is 0 Å². The molecule has 1 heterocycles. The van der Waals surface area contributed by atoms with E-state index in [0.717, 1.165) is 22.2 Å². The lowest BCUT2D eigenvalue weighted by Crippen LogP contribution is -2.32. The minimum atomic E-state index is -3.08. The van der Waals surface area contributed by atoms with Crippen LogP contribution < -0.4 is 4.90 Å². The van der Waals surface area contributed by atoms with Crippen molar-refractivity contribution >= 4 is 38.4 Å². The van der Waals surface area contributed by atoms with Crippen molar-refractivity contribution in [3.63, 3.8) is 0 Å². The van der Waals surface area contributed by atoms with E-state index in [1.807, 2.05) is 55.5 Å². The normalized spacial score (nSPS) is 11.9. The predicted octanol–water partition coefficient (Wildman–Crippen LogP) is 3.35. The van der Waals surface area contributed by atoms with Gasteiger partial charge in [0.05, 0.1) is 17.0 Å². The number of hydrogen-bond donors (Lipinski definition) is 1. The number of sulfone groups is 1. The number of anilines is 1. The lowest BCUT2D eigenvalue weighted by Gasteiger charge is -2.23. The molecule has 0 aliphatic carbocycles. The number of aryl methyl sites for hydroxylation is 1. The number of rotatable bonds is 7. The Hall–Kier alpha value is -2.93. The molecule has 2 aromatic carbocycles. The summed E-state index contributed by atoms with van der Waals surface area (Å²) in [6.07, 6.45) is 4.74. The molecule has 0 atom stereocenters. The third kappa shape index (κ3) is 4.86. The van der Waals surface area contributed by atoms with Gasteiger partial charge in [0.2, 0.25) is 0 Å². The second-order valence-corrected chi connectivity index (χ2v) is 9.01. The van der Waals surface area contributed by atoms with Gasteiger partial charge in [0, 0.05) is 30.0 Å². The number of nitrogens with one attached hydrogen (secondary N) is 1. The van der Waals surface area contributed by atoms with E-state index in [9.17, 15) is 13.2 Å². The molecular weight excluding hydrogens is 374 g/mol. The maximum Gasteiger partial charge on any atom is 0.251 e. The smallest absolute Gasteiger partial charge is 0.251 e. The van der Waals surface area contributed by atoms with Gasteiger partial charge in [0.25, 0.3) is 5.91 Å². The molecule has 0 saturated heterocycles. The van der Waals surface area contributed by atoms with E-state index >= 15 is 0 Å². The Balaban J connectivity index is 1.84. The molecule has 6 nitrogen and oxygen atoms in total. The average molecular weight is 398 g/mol. The van der Waals surface area contributed by atoms with Crippen molar-refractivity contribution in [2.24, 2.45) is 0 Å². The Kier molecular flexibility index (Phi) is 5.94. The van der Waals surface area contributed by atoms with Crippen molar-refractivity contribution in [2.45, 2.75) is 13.3 Å². The fourth-order valence-electron chi connectivity index (χ4n) is 3.05. The maximum atomic E-state index is 12.9. The van der Waals surface area contributed by atoms with Crippen molar-refractivity contribution in [2.75, 3.05) is 23.5 Å². The summed E-state index contributed by atoms with van der Waals surface area (Å²) in [5, 5.41) is 8.13. The highest BCUT2D eigenvalue weighted by Gasteiger charge is 2.16. The largest absolute Gasteiger partial charge is 0.309 e. The maximum absolute atomic E-state index is 12.9. The zero-order chi connectivity index (χ0) is 20.1. The van der Waals surface area contributed by atoms with Crippen LogP contribution in [0.3, 0.4) is 0 Å². The van der Waals surface area contributed by atoms with Gasteiger partial charge in [-0.05, 0) is 37.1 Å². The number of aromatic amines is 1. The van der Waals surface area contributed by atoms with Crippen LogP contribution in [0.5, 0.6) is 0 Å². The zero-order valence-electron chi connectivity index (χ0n) is 15.9. The molecule has 0 spiro atoms. The van der Waals surface area contributed by atoms with Crippen LogP contribution in [0.1, 0.15) is 17.7 Å². The van der Waals surface area contributed by atoms with Crippen molar-refractivity contribution in [3.05, 3.63) is 65.9 Å². The molecule has 1 aromatic heterocycles. The van der Waals surface area contributed by atoms with Gasteiger partial charge in [0.1, 0.15) is 9.84 Å². The van der Waals surface area contributed by atoms with Crippen molar-refractivity contribution < 1.29 is 13.2 Å². The minimum Gasteiger partial charge on any atom is -0.309 e. The molecule has 1 N–H and O–H groups in total. The number of hydrogen-bond acceptors (Lipinski definition) is 4. The number of carbonyl (C=O) groups is 1. The molecule has 0 aliphatic heterocycles.